The summed E-state index contributed by atoms with van der Waals surface area (Å²) >= 11 is 5.68. The molecule has 3 nitrogen and oxygen atoms in total. The molecule has 7 heteroatoms. The van der Waals surface area contributed by atoms with Crippen LogP contribution in [0.2, 0.25) is 5.02 Å². The number of rotatable bonds is 6. The zero-order valence-corrected chi connectivity index (χ0v) is 10.5. The van der Waals surface area contributed by atoms with E-state index in [9.17, 15) is 18.0 Å². The number of alkyl halides is 3. The summed E-state index contributed by atoms with van der Waals surface area (Å²) < 4.78 is 40.1. The molecule has 0 aliphatic heterocycles. The molecule has 1 aromatic carbocycles. The number of carboxylic acid groups (broad SMARTS) is 1. The highest BCUT2D eigenvalue weighted by molar-refractivity contribution is 6.30. The zero-order valence-electron chi connectivity index (χ0n) is 9.78. The third kappa shape index (κ3) is 6.45. The van der Waals surface area contributed by atoms with Gasteiger partial charge in [-0.25, -0.2) is 0 Å². The van der Waals surface area contributed by atoms with E-state index < -0.39 is 31.3 Å². The Bertz CT molecular complexity index is 417. The molecule has 0 saturated heterocycles. The minimum atomic E-state index is -4.46. The fourth-order valence-corrected chi connectivity index (χ4v) is 1.57. The third-order valence-electron chi connectivity index (χ3n) is 2.33. The normalized spacial score (nSPS) is 13.3. The van der Waals surface area contributed by atoms with Crippen LogP contribution in [0, 0.1) is 5.92 Å². The van der Waals surface area contributed by atoms with Gasteiger partial charge in [-0.15, -0.1) is 0 Å². The van der Waals surface area contributed by atoms with Gasteiger partial charge in [0.05, 0.1) is 12.5 Å². The lowest BCUT2D eigenvalue weighted by molar-refractivity contribution is -0.179. The van der Waals surface area contributed by atoms with E-state index >= 15 is 0 Å². The molecule has 0 fully saturated rings. The number of carbonyl (C=O) groups is 1. The van der Waals surface area contributed by atoms with Crippen molar-refractivity contribution in [3.63, 3.8) is 0 Å². The lowest BCUT2D eigenvalue weighted by Gasteiger charge is -2.14. The summed E-state index contributed by atoms with van der Waals surface area (Å²) in [4.78, 5) is 10.9. The summed E-state index contributed by atoms with van der Waals surface area (Å²) in [5.41, 5.74) is 0.674. The second kappa shape index (κ2) is 6.77. The zero-order chi connectivity index (χ0) is 14.5. The SMILES string of the molecule is O=C(O)C(COCC(F)(F)F)Cc1ccc(Cl)cc1. The van der Waals surface area contributed by atoms with Crippen molar-refractivity contribution in [1.29, 1.82) is 0 Å². The Morgan fingerprint density at radius 3 is 2.37 bits per heavy atom. The summed E-state index contributed by atoms with van der Waals surface area (Å²) in [6, 6.07) is 6.43. The minimum absolute atomic E-state index is 0.0877. The van der Waals surface area contributed by atoms with Crippen molar-refractivity contribution in [2.45, 2.75) is 12.6 Å². The molecule has 0 aliphatic rings. The molecule has 0 aliphatic carbocycles. The van der Waals surface area contributed by atoms with Gasteiger partial charge < -0.3 is 9.84 Å². The quantitative estimate of drug-likeness (QED) is 0.877. The highest BCUT2D eigenvalue weighted by Gasteiger charge is 2.29. The van der Waals surface area contributed by atoms with Crippen molar-refractivity contribution in [2.24, 2.45) is 5.92 Å². The second-order valence-electron chi connectivity index (χ2n) is 4.00. The molecule has 0 bridgehead atoms. The van der Waals surface area contributed by atoms with Gasteiger partial charge in [-0.05, 0) is 24.1 Å². The van der Waals surface area contributed by atoms with Crippen LogP contribution in [0.1, 0.15) is 5.56 Å². The van der Waals surface area contributed by atoms with E-state index in [4.69, 9.17) is 16.7 Å². The Morgan fingerprint density at radius 1 is 1.32 bits per heavy atom. The van der Waals surface area contributed by atoms with Gasteiger partial charge in [0.15, 0.2) is 0 Å². The molecule has 0 radical (unpaired) electrons. The first-order valence-corrected chi connectivity index (χ1v) is 5.77. The topological polar surface area (TPSA) is 46.5 Å². The molecule has 0 spiro atoms. The highest BCUT2D eigenvalue weighted by atomic mass is 35.5. The Morgan fingerprint density at radius 2 is 1.89 bits per heavy atom. The first kappa shape index (κ1) is 15.8. The lowest BCUT2D eigenvalue weighted by Crippen LogP contribution is -2.26. The maximum atomic E-state index is 11.9. The highest BCUT2D eigenvalue weighted by Crippen LogP contribution is 2.17. The number of hydrogen-bond acceptors (Lipinski definition) is 2. The molecular weight excluding hydrogens is 285 g/mol. The van der Waals surface area contributed by atoms with Crippen molar-refractivity contribution in [1.82, 2.24) is 0 Å². The predicted octanol–water partition coefficient (Wildman–Crippen LogP) is 3.16. The van der Waals surface area contributed by atoms with E-state index in [2.05, 4.69) is 4.74 Å². The van der Waals surface area contributed by atoms with Gasteiger partial charge in [-0.3, -0.25) is 4.79 Å². The van der Waals surface area contributed by atoms with Crippen LogP contribution in [0.4, 0.5) is 13.2 Å². The molecule has 1 atom stereocenters. The van der Waals surface area contributed by atoms with Crippen LogP contribution in [-0.4, -0.2) is 30.5 Å². The number of carboxylic acids is 1. The Kier molecular flexibility index (Phi) is 5.62. The summed E-state index contributed by atoms with van der Waals surface area (Å²) in [5.74, 6) is -2.22. The first-order chi connectivity index (χ1) is 8.78. The van der Waals surface area contributed by atoms with E-state index in [0.29, 0.717) is 10.6 Å². The monoisotopic (exact) mass is 296 g/mol. The standard InChI is InChI=1S/C12H12ClF3O3/c13-10-3-1-8(2-4-10)5-9(11(17)18)6-19-7-12(14,15)16/h1-4,9H,5-7H2,(H,17,18). The smallest absolute Gasteiger partial charge is 0.411 e. The maximum Gasteiger partial charge on any atom is 0.411 e. The predicted molar refractivity (Wildman–Crippen MR) is 63.2 cm³/mol. The van der Waals surface area contributed by atoms with E-state index in [1.165, 1.54) is 0 Å². The average Bonchev–Trinajstić information content (AvgIpc) is 2.28. The molecule has 106 valence electrons. The lowest BCUT2D eigenvalue weighted by atomic mass is 10.0. The fourth-order valence-electron chi connectivity index (χ4n) is 1.44. The van der Waals surface area contributed by atoms with Crippen LogP contribution in [0.15, 0.2) is 24.3 Å². The van der Waals surface area contributed by atoms with Gasteiger partial charge in [-0.2, -0.15) is 13.2 Å². The molecule has 0 aromatic heterocycles. The largest absolute Gasteiger partial charge is 0.481 e. The Labute approximate surface area is 112 Å². The van der Waals surface area contributed by atoms with Crippen LogP contribution in [0.5, 0.6) is 0 Å². The summed E-state index contributed by atoms with van der Waals surface area (Å²) in [7, 11) is 0. The van der Waals surface area contributed by atoms with Crippen LogP contribution in [0.3, 0.4) is 0 Å². The average molecular weight is 297 g/mol. The summed E-state index contributed by atoms with van der Waals surface area (Å²) in [5, 5.41) is 9.43. The first-order valence-electron chi connectivity index (χ1n) is 5.39. The number of ether oxygens (including phenoxy) is 1. The number of halogens is 4. The fraction of sp³-hybridized carbons (Fsp3) is 0.417. The van der Waals surface area contributed by atoms with E-state index in [-0.39, 0.29) is 6.42 Å². The van der Waals surface area contributed by atoms with Crippen molar-refractivity contribution in [3.8, 4) is 0 Å². The van der Waals surface area contributed by atoms with Gasteiger partial charge in [0.1, 0.15) is 6.61 Å². The van der Waals surface area contributed by atoms with Crippen LogP contribution < -0.4 is 0 Å². The van der Waals surface area contributed by atoms with Crippen molar-refractivity contribution < 1.29 is 27.8 Å². The third-order valence-corrected chi connectivity index (χ3v) is 2.58. The van der Waals surface area contributed by atoms with Crippen LogP contribution >= 0.6 is 11.6 Å². The van der Waals surface area contributed by atoms with Crippen molar-refractivity contribution in [3.05, 3.63) is 34.9 Å². The van der Waals surface area contributed by atoms with E-state index in [1.54, 1.807) is 24.3 Å². The molecule has 19 heavy (non-hydrogen) atoms. The molecule has 0 amide bonds. The van der Waals surface area contributed by atoms with Crippen LogP contribution in [0.25, 0.3) is 0 Å². The molecule has 1 rings (SSSR count). The molecular formula is C12H12ClF3O3. The van der Waals surface area contributed by atoms with E-state index in [1.807, 2.05) is 0 Å². The van der Waals surface area contributed by atoms with Gasteiger partial charge in [0.25, 0.3) is 0 Å². The van der Waals surface area contributed by atoms with E-state index in [0.717, 1.165) is 0 Å². The molecule has 1 N–H and O–H groups in total. The molecule has 1 unspecified atom stereocenters. The van der Waals surface area contributed by atoms with Gasteiger partial charge in [0.2, 0.25) is 0 Å². The van der Waals surface area contributed by atoms with Crippen molar-refractivity contribution in [2.75, 3.05) is 13.2 Å². The molecule has 1 aromatic rings. The maximum absolute atomic E-state index is 11.9. The summed E-state index contributed by atoms with van der Waals surface area (Å²) in [6.07, 6.45) is -4.37. The second-order valence-corrected chi connectivity index (χ2v) is 4.43. The number of hydrogen-bond donors (Lipinski definition) is 1. The molecule has 0 heterocycles. The van der Waals surface area contributed by atoms with Gasteiger partial charge in [0, 0.05) is 5.02 Å². The number of benzene rings is 1. The Balaban J connectivity index is 2.53. The molecule has 0 saturated carbocycles. The summed E-state index contributed by atoms with van der Waals surface area (Å²) in [6.45, 7) is -1.94. The number of aliphatic carboxylic acids is 1. The van der Waals surface area contributed by atoms with Gasteiger partial charge >= 0.3 is 12.1 Å². The Hall–Kier alpha value is -1.27. The van der Waals surface area contributed by atoms with Crippen molar-refractivity contribution >= 4 is 17.6 Å². The van der Waals surface area contributed by atoms with Gasteiger partial charge in [-0.1, -0.05) is 23.7 Å². The minimum Gasteiger partial charge on any atom is -0.481 e. The van der Waals surface area contributed by atoms with Crippen LogP contribution in [-0.2, 0) is 16.0 Å².